The highest BCUT2D eigenvalue weighted by molar-refractivity contribution is 5.78. The number of hydrogen-bond acceptors (Lipinski definition) is 2. The van der Waals surface area contributed by atoms with Crippen molar-refractivity contribution in [3.63, 3.8) is 0 Å². The number of aromatic nitrogens is 1. The van der Waals surface area contributed by atoms with E-state index in [9.17, 15) is 0 Å². The van der Waals surface area contributed by atoms with Crippen LogP contribution >= 0.6 is 0 Å². The highest BCUT2D eigenvalue weighted by atomic mass is 16.5. The molecule has 1 atom stereocenters. The van der Waals surface area contributed by atoms with Gasteiger partial charge in [0.25, 0.3) is 0 Å². The number of methoxy groups -OCH3 is 1. The molecule has 1 aromatic heterocycles. The number of aliphatic imine (C=N–C) groups is 1. The van der Waals surface area contributed by atoms with Gasteiger partial charge in [-0.2, -0.15) is 0 Å². The van der Waals surface area contributed by atoms with E-state index in [1.54, 1.807) is 7.11 Å². The topological polar surface area (TPSA) is 64.6 Å². The van der Waals surface area contributed by atoms with Gasteiger partial charge in [-0.3, -0.25) is 0 Å². The lowest BCUT2D eigenvalue weighted by Crippen LogP contribution is -2.40. The van der Waals surface area contributed by atoms with Crippen LogP contribution in [0.1, 0.15) is 12.6 Å². The van der Waals surface area contributed by atoms with E-state index in [-0.39, 0.29) is 6.04 Å². The molecule has 0 radical (unpaired) electrons. The van der Waals surface area contributed by atoms with Crippen LogP contribution in [-0.4, -0.2) is 30.3 Å². The zero-order chi connectivity index (χ0) is 12.0. The van der Waals surface area contributed by atoms with Crippen molar-refractivity contribution in [2.75, 3.05) is 13.7 Å². The molecule has 0 amide bonds. The fraction of sp³-hybridized carbons (Fsp3) is 0.545. The van der Waals surface area contributed by atoms with Crippen LogP contribution in [0.4, 0.5) is 0 Å². The smallest absolute Gasteiger partial charge is 0.189 e. The van der Waals surface area contributed by atoms with Crippen molar-refractivity contribution >= 4 is 5.96 Å². The van der Waals surface area contributed by atoms with Gasteiger partial charge in [0.2, 0.25) is 0 Å². The summed E-state index contributed by atoms with van der Waals surface area (Å²) in [6, 6.07) is 4.18. The maximum atomic E-state index is 5.75. The molecule has 0 bridgehead atoms. The number of nitrogens with zero attached hydrogens (tertiary/aromatic N) is 2. The van der Waals surface area contributed by atoms with E-state index in [0.29, 0.717) is 19.1 Å². The second kappa shape index (κ2) is 6.17. The maximum Gasteiger partial charge on any atom is 0.189 e. The van der Waals surface area contributed by atoms with E-state index in [1.807, 2.05) is 36.9 Å². The first-order valence-corrected chi connectivity index (χ1v) is 5.29. The van der Waals surface area contributed by atoms with Crippen LogP contribution in [0.5, 0.6) is 0 Å². The van der Waals surface area contributed by atoms with Gasteiger partial charge in [0.05, 0.1) is 13.2 Å². The zero-order valence-corrected chi connectivity index (χ0v) is 10.1. The van der Waals surface area contributed by atoms with E-state index < -0.39 is 0 Å². The van der Waals surface area contributed by atoms with Crippen molar-refractivity contribution < 1.29 is 4.74 Å². The van der Waals surface area contributed by atoms with Gasteiger partial charge in [-0.05, 0) is 19.1 Å². The third-order valence-corrected chi connectivity index (χ3v) is 2.27. The Balaban J connectivity index is 2.42. The third kappa shape index (κ3) is 3.94. The summed E-state index contributed by atoms with van der Waals surface area (Å²) in [5, 5.41) is 3.06. The summed E-state index contributed by atoms with van der Waals surface area (Å²) in [6.07, 6.45) is 1.99. The Hall–Kier alpha value is -1.49. The van der Waals surface area contributed by atoms with Crippen molar-refractivity contribution in [3.8, 4) is 0 Å². The molecule has 90 valence electrons. The molecule has 0 fully saturated rings. The zero-order valence-electron chi connectivity index (χ0n) is 10.1. The van der Waals surface area contributed by atoms with Crippen LogP contribution in [-0.2, 0) is 18.3 Å². The minimum absolute atomic E-state index is 0.169. The van der Waals surface area contributed by atoms with E-state index in [2.05, 4.69) is 10.3 Å². The lowest BCUT2D eigenvalue weighted by molar-refractivity contribution is 0.179. The number of hydrogen-bond donors (Lipinski definition) is 2. The monoisotopic (exact) mass is 224 g/mol. The van der Waals surface area contributed by atoms with Gasteiger partial charge in [-0.15, -0.1) is 0 Å². The average molecular weight is 224 g/mol. The molecule has 0 aliphatic carbocycles. The molecule has 1 heterocycles. The molecule has 0 aliphatic heterocycles. The molecule has 1 aromatic rings. The number of rotatable bonds is 5. The fourth-order valence-electron chi connectivity index (χ4n) is 1.42. The van der Waals surface area contributed by atoms with Crippen LogP contribution < -0.4 is 11.1 Å². The Kier molecular flexibility index (Phi) is 4.85. The van der Waals surface area contributed by atoms with E-state index >= 15 is 0 Å². The Morgan fingerprint density at radius 2 is 2.44 bits per heavy atom. The van der Waals surface area contributed by atoms with Crippen LogP contribution in [0, 0.1) is 0 Å². The minimum atomic E-state index is 0.169. The molecule has 0 saturated heterocycles. The lowest BCUT2D eigenvalue weighted by Gasteiger charge is -2.13. The summed E-state index contributed by atoms with van der Waals surface area (Å²) < 4.78 is 7.02. The Morgan fingerprint density at radius 1 is 1.69 bits per heavy atom. The summed E-state index contributed by atoms with van der Waals surface area (Å²) in [6.45, 7) is 3.19. The molecule has 1 unspecified atom stereocenters. The van der Waals surface area contributed by atoms with Gasteiger partial charge in [0.15, 0.2) is 5.96 Å². The van der Waals surface area contributed by atoms with Crippen molar-refractivity contribution in [2.45, 2.75) is 19.5 Å². The van der Waals surface area contributed by atoms with Gasteiger partial charge >= 0.3 is 0 Å². The van der Waals surface area contributed by atoms with Crippen molar-refractivity contribution in [3.05, 3.63) is 24.0 Å². The number of guanidine groups is 1. The second-order valence-corrected chi connectivity index (χ2v) is 3.81. The number of nitrogens with two attached hydrogens (primary N) is 1. The number of aryl methyl sites for hydroxylation is 1. The predicted octanol–water partition coefficient (Wildman–Crippen LogP) is 0.464. The van der Waals surface area contributed by atoms with Gasteiger partial charge in [0.1, 0.15) is 0 Å². The molecule has 5 heteroatoms. The van der Waals surface area contributed by atoms with Crippen LogP contribution in [0.15, 0.2) is 23.3 Å². The van der Waals surface area contributed by atoms with E-state index in [0.717, 1.165) is 5.69 Å². The van der Waals surface area contributed by atoms with Crippen LogP contribution in [0.25, 0.3) is 0 Å². The molecule has 0 saturated carbocycles. The highest BCUT2D eigenvalue weighted by Crippen LogP contribution is 2.00. The molecule has 0 aromatic carbocycles. The van der Waals surface area contributed by atoms with Crippen molar-refractivity contribution in [1.29, 1.82) is 0 Å². The molecule has 0 aliphatic rings. The minimum Gasteiger partial charge on any atom is -0.383 e. The summed E-state index contributed by atoms with van der Waals surface area (Å²) in [5.41, 5.74) is 6.87. The SMILES string of the molecule is COCC(C)NC(N)=NCc1cccn1C. The van der Waals surface area contributed by atoms with Crippen LogP contribution in [0.3, 0.4) is 0 Å². The van der Waals surface area contributed by atoms with E-state index in [4.69, 9.17) is 10.5 Å². The van der Waals surface area contributed by atoms with Gasteiger partial charge in [-0.1, -0.05) is 0 Å². The first-order valence-electron chi connectivity index (χ1n) is 5.29. The van der Waals surface area contributed by atoms with Crippen molar-refractivity contribution in [1.82, 2.24) is 9.88 Å². The normalized spacial score (nSPS) is 13.8. The predicted molar refractivity (Wildman–Crippen MR) is 65.2 cm³/mol. The molecule has 5 nitrogen and oxygen atoms in total. The molecular weight excluding hydrogens is 204 g/mol. The Morgan fingerprint density at radius 3 is 3.00 bits per heavy atom. The van der Waals surface area contributed by atoms with Crippen molar-refractivity contribution in [2.24, 2.45) is 17.8 Å². The van der Waals surface area contributed by atoms with Gasteiger partial charge < -0.3 is 20.4 Å². The highest BCUT2D eigenvalue weighted by Gasteiger charge is 2.01. The van der Waals surface area contributed by atoms with Gasteiger partial charge in [0, 0.05) is 32.1 Å². The summed E-state index contributed by atoms with van der Waals surface area (Å²) in [7, 11) is 3.65. The quantitative estimate of drug-likeness (QED) is 0.564. The fourth-order valence-corrected chi connectivity index (χ4v) is 1.42. The number of ether oxygens (including phenoxy) is 1. The third-order valence-electron chi connectivity index (χ3n) is 2.27. The molecule has 3 N–H and O–H groups in total. The molecule has 1 rings (SSSR count). The largest absolute Gasteiger partial charge is 0.383 e. The van der Waals surface area contributed by atoms with Crippen LogP contribution in [0.2, 0.25) is 0 Å². The Bertz CT molecular complexity index is 346. The summed E-state index contributed by atoms with van der Waals surface area (Å²) in [4.78, 5) is 4.26. The molecule has 0 spiro atoms. The van der Waals surface area contributed by atoms with E-state index in [1.165, 1.54) is 0 Å². The number of nitrogens with one attached hydrogen (secondary N) is 1. The molecular formula is C11H20N4O. The first-order chi connectivity index (χ1) is 7.63. The second-order valence-electron chi connectivity index (χ2n) is 3.81. The lowest BCUT2D eigenvalue weighted by atomic mass is 10.4. The Labute approximate surface area is 96.3 Å². The standard InChI is InChI=1S/C11H20N4O/c1-9(8-16-3)14-11(12)13-7-10-5-4-6-15(10)2/h4-6,9H,7-8H2,1-3H3,(H3,12,13,14). The summed E-state index contributed by atoms with van der Waals surface area (Å²) in [5.74, 6) is 0.450. The van der Waals surface area contributed by atoms with Gasteiger partial charge in [-0.25, -0.2) is 4.99 Å². The first kappa shape index (κ1) is 12.6. The maximum absolute atomic E-state index is 5.75. The molecule has 16 heavy (non-hydrogen) atoms. The summed E-state index contributed by atoms with van der Waals surface area (Å²) >= 11 is 0. The average Bonchev–Trinajstić information content (AvgIpc) is 2.61.